The van der Waals surface area contributed by atoms with Gasteiger partial charge in [-0.15, -0.1) is 0 Å². The first-order chi connectivity index (χ1) is 19.3. The highest BCUT2D eigenvalue weighted by Gasteiger charge is 2.33. The summed E-state index contributed by atoms with van der Waals surface area (Å²) in [5.41, 5.74) is 3.39. The van der Waals surface area contributed by atoms with Crippen LogP contribution >= 0.6 is 0 Å². The molecule has 2 aliphatic heterocycles. The van der Waals surface area contributed by atoms with Gasteiger partial charge in [-0.1, -0.05) is 30.3 Å². The Labute approximate surface area is 231 Å². The Bertz CT molecular complexity index is 1740. The smallest absolute Gasteiger partial charge is 0.258 e. The quantitative estimate of drug-likeness (QED) is 0.313. The highest BCUT2D eigenvalue weighted by molar-refractivity contribution is 7.89. The van der Waals surface area contributed by atoms with E-state index in [1.165, 1.54) is 15.3 Å². The van der Waals surface area contributed by atoms with Crippen molar-refractivity contribution in [3.8, 4) is 5.75 Å². The van der Waals surface area contributed by atoms with Crippen molar-refractivity contribution in [2.45, 2.75) is 11.4 Å². The van der Waals surface area contributed by atoms with Gasteiger partial charge in [0.2, 0.25) is 10.0 Å². The van der Waals surface area contributed by atoms with Crippen LogP contribution in [-0.2, 0) is 26.1 Å². The van der Waals surface area contributed by atoms with E-state index in [0.29, 0.717) is 49.7 Å². The number of carbonyl (C=O) groups is 1. The fourth-order valence-electron chi connectivity index (χ4n) is 5.21. The van der Waals surface area contributed by atoms with E-state index in [9.17, 15) is 17.6 Å². The van der Waals surface area contributed by atoms with Crippen LogP contribution in [0.1, 0.15) is 11.1 Å². The molecule has 1 amide bonds. The van der Waals surface area contributed by atoms with Crippen LogP contribution in [0.4, 0.5) is 10.1 Å². The summed E-state index contributed by atoms with van der Waals surface area (Å²) in [6, 6.07) is 18.9. The Morgan fingerprint density at radius 2 is 1.77 bits per heavy atom. The molecule has 0 N–H and O–H groups in total. The number of morpholine rings is 1. The van der Waals surface area contributed by atoms with Crippen molar-refractivity contribution in [1.29, 1.82) is 0 Å². The summed E-state index contributed by atoms with van der Waals surface area (Å²) in [6.07, 6.45) is 3.74. The number of hydrogen-bond donors (Lipinski definition) is 0. The minimum Gasteiger partial charge on any atom is -0.489 e. The number of para-hydroxylation sites is 2. The number of fused-ring (bicyclic) bond motifs is 2. The zero-order chi connectivity index (χ0) is 27.9. The Morgan fingerprint density at radius 1 is 1.02 bits per heavy atom. The van der Waals surface area contributed by atoms with Crippen molar-refractivity contribution in [3.63, 3.8) is 0 Å². The van der Waals surface area contributed by atoms with Crippen molar-refractivity contribution in [1.82, 2.24) is 8.87 Å². The van der Waals surface area contributed by atoms with Gasteiger partial charge in [-0.25, -0.2) is 12.8 Å². The number of carbonyl (C=O) groups excluding carboxylic acids is 1. The molecule has 0 bridgehead atoms. The fraction of sp³-hybridized carbons (Fsp3) is 0.233. The molecule has 0 aliphatic carbocycles. The molecule has 6 rings (SSSR count). The molecule has 3 aromatic carbocycles. The van der Waals surface area contributed by atoms with Crippen molar-refractivity contribution in [2.24, 2.45) is 0 Å². The van der Waals surface area contributed by atoms with Crippen LogP contribution in [0.2, 0.25) is 0 Å². The van der Waals surface area contributed by atoms with E-state index in [-0.39, 0.29) is 23.2 Å². The van der Waals surface area contributed by atoms with E-state index >= 15 is 0 Å². The number of aromatic nitrogens is 1. The fourth-order valence-corrected chi connectivity index (χ4v) is 6.65. The molecule has 0 unspecified atom stereocenters. The Hall–Kier alpha value is -3.99. The average Bonchev–Trinajstić information content (AvgIpc) is 3.44. The lowest BCUT2D eigenvalue weighted by atomic mass is 10.0. The van der Waals surface area contributed by atoms with Gasteiger partial charge in [-0.3, -0.25) is 4.79 Å². The van der Waals surface area contributed by atoms with Gasteiger partial charge in [0.25, 0.3) is 5.91 Å². The monoisotopic (exact) mass is 561 g/mol. The largest absolute Gasteiger partial charge is 0.489 e. The van der Waals surface area contributed by atoms with Crippen molar-refractivity contribution in [2.75, 3.05) is 44.9 Å². The molecule has 8 nitrogen and oxygen atoms in total. The molecule has 0 atom stereocenters. The number of halogens is 1. The van der Waals surface area contributed by atoms with Gasteiger partial charge in [0.1, 0.15) is 6.61 Å². The third-order valence-electron chi connectivity index (χ3n) is 7.31. The first-order valence-corrected chi connectivity index (χ1v) is 14.5. The Kier molecular flexibility index (Phi) is 6.91. The first kappa shape index (κ1) is 26.2. The highest BCUT2D eigenvalue weighted by Crippen LogP contribution is 2.39. The van der Waals surface area contributed by atoms with Crippen LogP contribution in [0.3, 0.4) is 0 Å². The number of benzene rings is 3. The number of nitrogens with zero attached hydrogens (tertiary/aromatic N) is 3. The molecule has 0 spiro atoms. The van der Waals surface area contributed by atoms with E-state index < -0.39 is 15.8 Å². The lowest BCUT2D eigenvalue weighted by molar-refractivity contribution is -0.112. The molecule has 206 valence electrons. The third-order valence-corrected chi connectivity index (χ3v) is 9.20. The lowest BCUT2D eigenvalue weighted by Gasteiger charge is -2.26. The maximum Gasteiger partial charge on any atom is 0.258 e. The van der Waals surface area contributed by atoms with Gasteiger partial charge in [0.15, 0.2) is 11.6 Å². The summed E-state index contributed by atoms with van der Waals surface area (Å²) in [7, 11) is -2.05. The van der Waals surface area contributed by atoms with Gasteiger partial charge < -0.3 is 18.9 Å². The third kappa shape index (κ3) is 4.68. The van der Waals surface area contributed by atoms with Crippen LogP contribution in [0, 0.1) is 5.82 Å². The predicted octanol–water partition coefficient (Wildman–Crippen LogP) is 4.40. The van der Waals surface area contributed by atoms with Crippen molar-refractivity contribution in [3.05, 3.63) is 89.9 Å². The number of hydrogen-bond acceptors (Lipinski definition) is 5. The first-order valence-electron chi connectivity index (χ1n) is 13.0. The number of anilines is 1. The minimum absolute atomic E-state index is 0.148. The molecule has 0 radical (unpaired) electrons. The second-order valence-corrected chi connectivity index (χ2v) is 11.6. The van der Waals surface area contributed by atoms with E-state index in [0.717, 1.165) is 16.5 Å². The molecular formula is C30H28FN3O5S. The van der Waals surface area contributed by atoms with Crippen LogP contribution in [0.15, 0.2) is 77.8 Å². The van der Waals surface area contributed by atoms with E-state index in [4.69, 9.17) is 9.47 Å². The maximum absolute atomic E-state index is 14.0. The number of amides is 1. The maximum atomic E-state index is 14.0. The molecule has 4 aromatic rings. The van der Waals surface area contributed by atoms with E-state index in [2.05, 4.69) is 0 Å². The predicted molar refractivity (Wildman–Crippen MR) is 151 cm³/mol. The molecule has 10 heteroatoms. The van der Waals surface area contributed by atoms with E-state index in [1.54, 1.807) is 43.4 Å². The van der Waals surface area contributed by atoms with Gasteiger partial charge in [-0.2, -0.15) is 4.31 Å². The molecule has 1 saturated heterocycles. The lowest BCUT2D eigenvalue weighted by Crippen LogP contribution is -2.40. The van der Waals surface area contributed by atoms with Crippen LogP contribution in [-0.4, -0.2) is 63.2 Å². The molecule has 1 aromatic heterocycles. The second kappa shape index (κ2) is 10.5. The number of ether oxygens (including phenoxy) is 2. The summed E-state index contributed by atoms with van der Waals surface area (Å²) in [4.78, 5) is 15.0. The standard InChI is InChI=1S/C30H28FN3O5S/c1-32-27-11-10-22(40(36,37)34-13-15-38-16-14-34)19-24(27)25(30(32)35)18-21-20-33(28-8-4-2-6-23(21)28)12-17-39-29-9-5-3-7-26(29)31/h2-11,18-20H,12-17H2,1H3/b25-18-. The molecule has 3 heterocycles. The number of likely N-dealkylation sites (N-methyl/N-ethyl adjacent to an activating group) is 1. The number of rotatable bonds is 7. The molecule has 2 aliphatic rings. The topological polar surface area (TPSA) is 81.1 Å². The summed E-state index contributed by atoms with van der Waals surface area (Å²) < 4.78 is 55.0. The van der Waals surface area contributed by atoms with Crippen LogP contribution in [0.5, 0.6) is 5.75 Å². The summed E-state index contributed by atoms with van der Waals surface area (Å²) in [6.45, 7) is 2.01. The molecule has 40 heavy (non-hydrogen) atoms. The van der Waals surface area contributed by atoms with Crippen LogP contribution < -0.4 is 9.64 Å². The van der Waals surface area contributed by atoms with Gasteiger partial charge in [0, 0.05) is 53.9 Å². The normalized spacial score (nSPS) is 17.1. The minimum atomic E-state index is -3.73. The molecule has 0 saturated carbocycles. The Balaban J connectivity index is 1.35. The average molecular weight is 562 g/mol. The van der Waals surface area contributed by atoms with Crippen molar-refractivity contribution < 1.29 is 27.1 Å². The van der Waals surface area contributed by atoms with Gasteiger partial charge >= 0.3 is 0 Å². The zero-order valence-electron chi connectivity index (χ0n) is 21.9. The second-order valence-electron chi connectivity index (χ2n) is 9.69. The Morgan fingerprint density at radius 3 is 2.58 bits per heavy atom. The molecular weight excluding hydrogens is 533 g/mol. The summed E-state index contributed by atoms with van der Waals surface area (Å²) in [5.74, 6) is -0.432. The van der Waals surface area contributed by atoms with Crippen LogP contribution in [0.25, 0.3) is 22.6 Å². The SMILES string of the molecule is CN1C(=O)/C(=C\c2cn(CCOc3ccccc3F)c3ccccc23)c2cc(S(=O)(=O)N3CCOCC3)ccc21. The van der Waals surface area contributed by atoms with Crippen molar-refractivity contribution >= 4 is 44.2 Å². The molecule has 1 fully saturated rings. The number of sulfonamides is 1. The summed E-state index contributed by atoms with van der Waals surface area (Å²) >= 11 is 0. The summed E-state index contributed by atoms with van der Waals surface area (Å²) in [5, 5.41) is 0.932. The van der Waals surface area contributed by atoms with E-state index in [1.807, 2.05) is 41.1 Å². The zero-order valence-corrected chi connectivity index (χ0v) is 22.7. The van der Waals surface area contributed by atoms with Gasteiger partial charge in [-0.05, 0) is 42.5 Å². The highest BCUT2D eigenvalue weighted by atomic mass is 32.2. The van der Waals surface area contributed by atoms with Gasteiger partial charge in [0.05, 0.1) is 30.3 Å².